The molecule has 0 radical (unpaired) electrons. The van der Waals surface area contributed by atoms with Gasteiger partial charge in [0.2, 0.25) is 0 Å². The number of nitrogens with one attached hydrogen (secondary N) is 1. The molecule has 1 fully saturated rings. The molecule has 0 amide bonds. The first-order chi connectivity index (χ1) is 7.29. The smallest absolute Gasteiger partial charge is 0.0338 e. The van der Waals surface area contributed by atoms with Crippen molar-refractivity contribution in [1.29, 1.82) is 0 Å². The van der Waals surface area contributed by atoms with E-state index in [-0.39, 0.29) is 0 Å². The molecule has 1 aliphatic rings. The molecule has 1 N–H and O–H groups in total. The predicted octanol–water partition coefficient (Wildman–Crippen LogP) is 2.84. The molecule has 15 heavy (non-hydrogen) atoms. The second-order valence-electron chi connectivity index (χ2n) is 4.60. The van der Waals surface area contributed by atoms with E-state index in [1.165, 1.54) is 30.4 Å². The van der Waals surface area contributed by atoms with Crippen LogP contribution in [0, 0.1) is 12.8 Å². The summed E-state index contributed by atoms with van der Waals surface area (Å²) in [6, 6.07) is 2.78. The van der Waals surface area contributed by atoms with Gasteiger partial charge >= 0.3 is 0 Å². The van der Waals surface area contributed by atoms with Crippen LogP contribution in [-0.4, -0.2) is 11.5 Å². The number of aryl methyl sites for hydroxylation is 1. The van der Waals surface area contributed by atoms with E-state index in [1.54, 1.807) is 0 Å². The third-order valence-electron chi connectivity index (χ3n) is 3.39. The highest BCUT2D eigenvalue weighted by molar-refractivity contribution is 5.20. The fourth-order valence-electron chi connectivity index (χ4n) is 2.39. The van der Waals surface area contributed by atoms with Crippen LogP contribution < -0.4 is 5.32 Å². The monoisotopic (exact) mass is 204 g/mol. The van der Waals surface area contributed by atoms with Gasteiger partial charge in [-0.05, 0) is 43.4 Å². The number of hydrogen-bond donors (Lipinski definition) is 1. The van der Waals surface area contributed by atoms with Crippen molar-refractivity contribution in [2.45, 2.75) is 39.2 Å². The van der Waals surface area contributed by atoms with Crippen LogP contribution in [0.4, 0.5) is 0 Å². The molecular formula is C13H20N2. The second-order valence-corrected chi connectivity index (χ2v) is 4.60. The molecule has 2 atom stereocenters. The number of rotatable bonds is 2. The molecule has 0 bridgehead atoms. The highest BCUT2D eigenvalue weighted by Gasteiger charge is 2.21. The van der Waals surface area contributed by atoms with Gasteiger partial charge in [-0.15, -0.1) is 0 Å². The standard InChI is InChI=1S/C13H20N2/c1-3-11-4-5-15-13(7-11)12-6-10(2)8-14-9-12/h6,8-9,11,13,15H,3-5,7H2,1-2H3. The third-order valence-corrected chi connectivity index (χ3v) is 3.39. The molecule has 0 aliphatic carbocycles. The Hall–Kier alpha value is -0.890. The van der Waals surface area contributed by atoms with Crippen molar-refractivity contribution < 1.29 is 0 Å². The van der Waals surface area contributed by atoms with Crippen LogP contribution in [0.25, 0.3) is 0 Å². The molecule has 1 aliphatic heterocycles. The van der Waals surface area contributed by atoms with Gasteiger partial charge < -0.3 is 5.32 Å². The summed E-state index contributed by atoms with van der Waals surface area (Å²) in [5.74, 6) is 0.886. The maximum atomic E-state index is 4.27. The summed E-state index contributed by atoms with van der Waals surface area (Å²) in [7, 11) is 0. The number of pyridine rings is 1. The van der Waals surface area contributed by atoms with Crippen LogP contribution in [-0.2, 0) is 0 Å². The Morgan fingerprint density at radius 1 is 1.47 bits per heavy atom. The fraction of sp³-hybridized carbons (Fsp3) is 0.615. The maximum Gasteiger partial charge on any atom is 0.0338 e. The summed E-state index contributed by atoms with van der Waals surface area (Å²) in [5, 5.41) is 3.59. The van der Waals surface area contributed by atoms with Crippen LogP contribution in [0.3, 0.4) is 0 Å². The summed E-state index contributed by atoms with van der Waals surface area (Å²) in [4.78, 5) is 4.27. The molecule has 2 unspecified atom stereocenters. The lowest BCUT2D eigenvalue weighted by atomic mass is 9.87. The van der Waals surface area contributed by atoms with Crippen molar-refractivity contribution >= 4 is 0 Å². The minimum absolute atomic E-state index is 0.524. The Balaban J connectivity index is 2.09. The van der Waals surface area contributed by atoms with Crippen LogP contribution in [0.15, 0.2) is 18.5 Å². The molecule has 0 aromatic carbocycles. The van der Waals surface area contributed by atoms with Gasteiger partial charge in [0, 0.05) is 18.4 Å². The van der Waals surface area contributed by atoms with E-state index in [4.69, 9.17) is 0 Å². The Morgan fingerprint density at radius 3 is 3.07 bits per heavy atom. The Labute approximate surface area is 92.1 Å². The van der Waals surface area contributed by atoms with Crippen LogP contribution in [0.5, 0.6) is 0 Å². The molecule has 0 spiro atoms. The first kappa shape index (κ1) is 10.6. The van der Waals surface area contributed by atoms with Crippen molar-refractivity contribution in [3.8, 4) is 0 Å². The van der Waals surface area contributed by atoms with Gasteiger partial charge in [0.05, 0.1) is 0 Å². The molecule has 2 heterocycles. The first-order valence-corrected chi connectivity index (χ1v) is 5.94. The average Bonchev–Trinajstić information content (AvgIpc) is 2.29. The Bertz CT molecular complexity index is 322. The van der Waals surface area contributed by atoms with Crippen molar-refractivity contribution in [2.75, 3.05) is 6.54 Å². The van der Waals surface area contributed by atoms with E-state index in [0.717, 1.165) is 12.5 Å². The Morgan fingerprint density at radius 2 is 2.33 bits per heavy atom. The van der Waals surface area contributed by atoms with Crippen LogP contribution >= 0.6 is 0 Å². The summed E-state index contributed by atoms with van der Waals surface area (Å²) >= 11 is 0. The molecule has 0 saturated carbocycles. The van der Waals surface area contributed by atoms with Crippen molar-refractivity contribution in [1.82, 2.24) is 10.3 Å². The summed E-state index contributed by atoms with van der Waals surface area (Å²) in [5.41, 5.74) is 2.61. The maximum absolute atomic E-state index is 4.27. The highest BCUT2D eigenvalue weighted by atomic mass is 14.9. The second kappa shape index (κ2) is 4.75. The van der Waals surface area contributed by atoms with Gasteiger partial charge in [0.25, 0.3) is 0 Å². The van der Waals surface area contributed by atoms with Gasteiger partial charge in [-0.2, -0.15) is 0 Å². The molecule has 1 aromatic rings. The van der Waals surface area contributed by atoms with Crippen molar-refractivity contribution in [3.05, 3.63) is 29.6 Å². The molecule has 2 heteroatoms. The van der Waals surface area contributed by atoms with Crippen molar-refractivity contribution in [3.63, 3.8) is 0 Å². The third kappa shape index (κ3) is 2.57. The van der Waals surface area contributed by atoms with E-state index in [0.29, 0.717) is 6.04 Å². The predicted molar refractivity (Wildman–Crippen MR) is 62.7 cm³/mol. The quantitative estimate of drug-likeness (QED) is 0.801. The number of nitrogens with zero attached hydrogens (tertiary/aromatic N) is 1. The van der Waals surface area contributed by atoms with E-state index in [2.05, 4.69) is 30.2 Å². The molecule has 2 nitrogen and oxygen atoms in total. The van der Waals surface area contributed by atoms with E-state index in [1.807, 2.05) is 12.4 Å². The van der Waals surface area contributed by atoms with Gasteiger partial charge in [0.1, 0.15) is 0 Å². The average molecular weight is 204 g/mol. The summed E-state index contributed by atoms with van der Waals surface area (Å²) in [6.07, 6.45) is 7.82. The van der Waals surface area contributed by atoms with Gasteiger partial charge in [0.15, 0.2) is 0 Å². The summed E-state index contributed by atoms with van der Waals surface area (Å²) in [6.45, 7) is 5.55. The molecule has 1 aromatic heterocycles. The van der Waals surface area contributed by atoms with E-state index < -0.39 is 0 Å². The molecule has 2 rings (SSSR count). The molecule has 82 valence electrons. The molecular weight excluding hydrogens is 184 g/mol. The lowest BCUT2D eigenvalue weighted by molar-refractivity contribution is 0.299. The SMILES string of the molecule is CCC1CCNC(c2cncc(C)c2)C1. The fourth-order valence-corrected chi connectivity index (χ4v) is 2.39. The zero-order chi connectivity index (χ0) is 10.7. The normalized spacial score (nSPS) is 26.5. The van der Waals surface area contributed by atoms with Gasteiger partial charge in [-0.25, -0.2) is 0 Å². The number of aromatic nitrogens is 1. The van der Waals surface area contributed by atoms with E-state index in [9.17, 15) is 0 Å². The number of hydrogen-bond acceptors (Lipinski definition) is 2. The van der Waals surface area contributed by atoms with E-state index >= 15 is 0 Å². The number of piperidine rings is 1. The lowest BCUT2D eigenvalue weighted by Gasteiger charge is -2.30. The topological polar surface area (TPSA) is 24.9 Å². The first-order valence-electron chi connectivity index (χ1n) is 5.94. The van der Waals surface area contributed by atoms with Gasteiger partial charge in [-0.3, -0.25) is 4.98 Å². The largest absolute Gasteiger partial charge is 0.310 e. The minimum Gasteiger partial charge on any atom is -0.310 e. The minimum atomic E-state index is 0.524. The molecule has 1 saturated heterocycles. The van der Waals surface area contributed by atoms with Crippen molar-refractivity contribution in [2.24, 2.45) is 5.92 Å². The summed E-state index contributed by atoms with van der Waals surface area (Å²) < 4.78 is 0. The zero-order valence-corrected chi connectivity index (χ0v) is 9.66. The van der Waals surface area contributed by atoms with Gasteiger partial charge in [-0.1, -0.05) is 19.4 Å². The van der Waals surface area contributed by atoms with Crippen LogP contribution in [0.2, 0.25) is 0 Å². The zero-order valence-electron chi connectivity index (χ0n) is 9.66. The lowest BCUT2D eigenvalue weighted by Crippen LogP contribution is -2.31. The highest BCUT2D eigenvalue weighted by Crippen LogP contribution is 2.28. The Kier molecular flexibility index (Phi) is 3.37. The van der Waals surface area contributed by atoms with Crippen LogP contribution in [0.1, 0.15) is 43.4 Å².